The van der Waals surface area contributed by atoms with E-state index in [9.17, 15) is 4.79 Å². The summed E-state index contributed by atoms with van der Waals surface area (Å²) in [7, 11) is 0. The van der Waals surface area contributed by atoms with E-state index in [1.807, 2.05) is 0 Å². The van der Waals surface area contributed by atoms with Crippen LogP contribution in [-0.2, 0) is 11.3 Å². The Bertz CT molecular complexity index is 425. The van der Waals surface area contributed by atoms with Gasteiger partial charge in [0.1, 0.15) is 0 Å². The van der Waals surface area contributed by atoms with Gasteiger partial charge < -0.3 is 10.6 Å². The molecule has 0 aliphatic heterocycles. The molecule has 0 bridgehead atoms. The maximum absolute atomic E-state index is 11.4. The fourth-order valence-electron chi connectivity index (χ4n) is 1.91. The minimum Gasteiger partial charge on any atom is -0.355 e. The van der Waals surface area contributed by atoms with Gasteiger partial charge in [-0.1, -0.05) is 18.2 Å². The molecule has 1 fully saturated rings. The minimum absolute atomic E-state index is 0.225. The zero-order valence-electron chi connectivity index (χ0n) is 11.3. The number of benzene rings is 1. The van der Waals surface area contributed by atoms with Crippen LogP contribution in [0.5, 0.6) is 0 Å². The van der Waals surface area contributed by atoms with Crippen molar-refractivity contribution in [2.45, 2.75) is 33.2 Å². The molecule has 2 rings (SSSR count). The van der Waals surface area contributed by atoms with Gasteiger partial charge >= 0.3 is 0 Å². The smallest absolute Gasteiger partial charge is 0.223 e. The summed E-state index contributed by atoms with van der Waals surface area (Å²) in [6.45, 7) is 6.67. The van der Waals surface area contributed by atoms with E-state index in [2.05, 4.69) is 42.7 Å². The topological polar surface area (TPSA) is 41.1 Å². The van der Waals surface area contributed by atoms with Crippen molar-refractivity contribution >= 4 is 5.91 Å². The summed E-state index contributed by atoms with van der Waals surface area (Å²) in [6, 6.07) is 6.52. The Morgan fingerprint density at radius 1 is 1.22 bits per heavy atom. The molecule has 0 spiro atoms. The van der Waals surface area contributed by atoms with Crippen molar-refractivity contribution in [3.8, 4) is 0 Å². The number of rotatable bonds is 6. The molecule has 98 valence electrons. The lowest BCUT2D eigenvalue weighted by Crippen LogP contribution is -2.32. The molecular formula is C15H22N2O. The van der Waals surface area contributed by atoms with Crippen LogP contribution in [-0.4, -0.2) is 19.0 Å². The van der Waals surface area contributed by atoms with Crippen molar-refractivity contribution in [2.75, 3.05) is 13.1 Å². The van der Waals surface area contributed by atoms with E-state index in [-0.39, 0.29) is 5.91 Å². The van der Waals surface area contributed by atoms with Crippen LogP contribution >= 0.6 is 0 Å². The molecule has 0 unspecified atom stereocenters. The molecule has 18 heavy (non-hydrogen) atoms. The highest BCUT2D eigenvalue weighted by molar-refractivity contribution is 5.80. The molecule has 0 radical (unpaired) electrons. The van der Waals surface area contributed by atoms with E-state index in [1.54, 1.807) is 0 Å². The van der Waals surface area contributed by atoms with Gasteiger partial charge in [0.15, 0.2) is 0 Å². The van der Waals surface area contributed by atoms with E-state index >= 15 is 0 Å². The van der Waals surface area contributed by atoms with Crippen LogP contribution in [0.4, 0.5) is 0 Å². The summed E-state index contributed by atoms with van der Waals surface area (Å²) in [5, 5.41) is 6.30. The molecule has 2 N–H and O–H groups in total. The van der Waals surface area contributed by atoms with Gasteiger partial charge in [0.25, 0.3) is 0 Å². The van der Waals surface area contributed by atoms with Crippen molar-refractivity contribution in [2.24, 2.45) is 5.92 Å². The Kier molecular flexibility index (Phi) is 4.37. The molecule has 1 aromatic carbocycles. The third-order valence-corrected chi connectivity index (χ3v) is 3.45. The molecule has 1 aliphatic rings. The van der Waals surface area contributed by atoms with Gasteiger partial charge in [0.2, 0.25) is 5.91 Å². The normalized spacial score (nSPS) is 14.6. The molecule has 0 atom stereocenters. The number of hydrogen-bond donors (Lipinski definition) is 2. The van der Waals surface area contributed by atoms with E-state index < -0.39 is 0 Å². The van der Waals surface area contributed by atoms with E-state index in [0.717, 1.165) is 32.5 Å². The second kappa shape index (κ2) is 6.01. The summed E-state index contributed by atoms with van der Waals surface area (Å²) in [4.78, 5) is 11.4. The van der Waals surface area contributed by atoms with E-state index in [4.69, 9.17) is 0 Å². The lowest BCUT2D eigenvalue weighted by Gasteiger charge is -2.08. The van der Waals surface area contributed by atoms with Gasteiger partial charge in [-0.25, -0.2) is 0 Å². The minimum atomic E-state index is 0.225. The first-order valence-electron chi connectivity index (χ1n) is 6.71. The standard InChI is InChI=1S/C15H22N2O/c1-11-3-4-13(9-12(11)2)10-16-7-8-17-15(18)14-5-6-14/h3-4,9,14,16H,5-8,10H2,1-2H3,(H,17,18). The quantitative estimate of drug-likeness (QED) is 0.753. The highest BCUT2D eigenvalue weighted by atomic mass is 16.2. The lowest BCUT2D eigenvalue weighted by molar-refractivity contribution is -0.122. The highest BCUT2D eigenvalue weighted by Gasteiger charge is 2.28. The molecule has 1 amide bonds. The molecule has 1 aromatic rings. The predicted octanol–water partition coefficient (Wildman–Crippen LogP) is 1.92. The van der Waals surface area contributed by atoms with E-state index in [0.29, 0.717) is 5.92 Å². The van der Waals surface area contributed by atoms with Gasteiger partial charge in [-0.2, -0.15) is 0 Å². The fourth-order valence-corrected chi connectivity index (χ4v) is 1.91. The molecule has 3 nitrogen and oxygen atoms in total. The largest absolute Gasteiger partial charge is 0.355 e. The zero-order valence-corrected chi connectivity index (χ0v) is 11.3. The number of aryl methyl sites for hydroxylation is 2. The van der Waals surface area contributed by atoms with Gasteiger partial charge in [-0.05, 0) is 43.4 Å². The van der Waals surface area contributed by atoms with Gasteiger partial charge in [-0.3, -0.25) is 4.79 Å². The zero-order chi connectivity index (χ0) is 13.0. The fraction of sp³-hybridized carbons (Fsp3) is 0.533. The van der Waals surface area contributed by atoms with Crippen LogP contribution in [0.3, 0.4) is 0 Å². The van der Waals surface area contributed by atoms with Crippen LogP contribution in [0, 0.1) is 19.8 Å². The Labute approximate surface area is 109 Å². The predicted molar refractivity (Wildman–Crippen MR) is 73.4 cm³/mol. The van der Waals surface area contributed by atoms with Crippen molar-refractivity contribution in [1.82, 2.24) is 10.6 Å². The molecule has 1 saturated carbocycles. The van der Waals surface area contributed by atoms with Crippen molar-refractivity contribution in [1.29, 1.82) is 0 Å². The Morgan fingerprint density at radius 2 is 2.00 bits per heavy atom. The van der Waals surface area contributed by atoms with Crippen molar-refractivity contribution < 1.29 is 4.79 Å². The number of hydrogen-bond acceptors (Lipinski definition) is 2. The summed E-state index contributed by atoms with van der Waals surface area (Å²) in [5.41, 5.74) is 3.96. The van der Waals surface area contributed by atoms with Gasteiger partial charge in [0, 0.05) is 25.6 Å². The van der Waals surface area contributed by atoms with Crippen LogP contribution in [0.1, 0.15) is 29.5 Å². The molecule has 0 saturated heterocycles. The molecule has 0 heterocycles. The maximum Gasteiger partial charge on any atom is 0.223 e. The Hall–Kier alpha value is -1.35. The average molecular weight is 246 g/mol. The third kappa shape index (κ3) is 3.84. The van der Waals surface area contributed by atoms with Crippen molar-refractivity contribution in [3.63, 3.8) is 0 Å². The number of nitrogens with one attached hydrogen (secondary N) is 2. The number of carbonyl (C=O) groups excluding carboxylic acids is 1. The highest BCUT2D eigenvalue weighted by Crippen LogP contribution is 2.28. The van der Waals surface area contributed by atoms with Crippen LogP contribution in [0.2, 0.25) is 0 Å². The number of amides is 1. The van der Waals surface area contributed by atoms with Crippen LogP contribution in [0.15, 0.2) is 18.2 Å². The summed E-state index contributed by atoms with van der Waals surface area (Å²) >= 11 is 0. The van der Waals surface area contributed by atoms with Gasteiger partial charge in [-0.15, -0.1) is 0 Å². The number of carbonyl (C=O) groups is 1. The van der Waals surface area contributed by atoms with E-state index in [1.165, 1.54) is 16.7 Å². The van der Waals surface area contributed by atoms with Crippen molar-refractivity contribution in [3.05, 3.63) is 34.9 Å². The SMILES string of the molecule is Cc1ccc(CNCCNC(=O)C2CC2)cc1C. The Morgan fingerprint density at radius 3 is 2.67 bits per heavy atom. The average Bonchev–Trinajstić information content (AvgIpc) is 3.17. The van der Waals surface area contributed by atoms with Gasteiger partial charge in [0.05, 0.1) is 0 Å². The molecule has 1 aliphatic carbocycles. The molecule has 0 aromatic heterocycles. The van der Waals surface area contributed by atoms with Crippen LogP contribution in [0.25, 0.3) is 0 Å². The summed E-state index contributed by atoms with van der Waals surface area (Å²) in [5.74, 6) is 0.535. The monoisotopic (exact) mass is 246 g/mol. The first kappa shape index (κ1) is 13.1. The lowest BCUT2D eigenvalue weighted by atomic mass is 10.1. The Balaban J connectivity index is 1.62. The maximum atomic E-state index is 11.4. The second-order valence-electron chi connectivity index (χ2n) is 5.16. The molecular weight excluding hydrogens is 224 g/mol. The summed E-state index contributed by atoms with van der Waals surface area (Å²) in [6.07, 6.45) is 2.14. The second-order valence-corrected chi connectivity index (χ2v) is 5.16. The third-order valence-electron chi connectivity index (χ3n) is 3.45. The molecule has 3 heteroatoms. The first-order chi connectivity index (χ1) is 8.66. The van der Waals surface area contributed by atoms with Crippen LogP contribution < -0.4 is 10.6 Å². The summed E-state index contributed by atoms with van der Waals surface area (Å²) < 4.78 is 0. The first-order valence-corrected chi connectivity index (χ1v) is 6.71.